The van der Waals surface area contributed by atoms with Crippen LogP contribution in [-0.4, -0.2) is 23.4 Å². The van der Waals surface area contributed by atoms with E-state index in [0.29, 0.717) is 0 Å². The number of hydrogen-bond acceptors (Lipinski definition) is 4. The summed E-state index contributed by atoms with van der Waals surface area (Å²) in [6, 6.07) is -0.736. The van der Waals surface area contributed by atoms with Gasteiger partial charge < -0.3 is 10.5 Å². The van der Waals surface area contributed by atoms with Gasteiger partial charge in [0.25, 0.3) is 0 Å². The monoisotopic (exact) mass is 200 g/mol. The molecule has 4 nitrogen and oxygen atoms in total. The Morgan fingerprint density at radius 1 is 1.43 bits per heavy atom. The fourth-order valence-electron chi connectivity index (χ4n) is 0.812. The molecule has 81 valence electrons. The quantitative estimate of drug-likeness (QED) is 0.683. The molecular formula is C10H18NO3. The molecule has 2 N–H and O–H groups in total. The van der Waals surface area contributed by atoms with E-state index >= 15 is 0 Å². The van der Waals surface area contributed by atoms with Crippen LogP contribution in [0.2, 0.25) is 0 Å². The lowest BCUT2D eigenvalue weighted by molar-refractivity contribution is -0.156. The van der Waals surface area contributed by atoms with Gasteiger partial charge in [0.15, 0.2) is 0 Å². The van der Waals surface area contributed by atoms with Crippen molar-refractivity contribution in [1.82, 2.24) is 0 Å². The van der Waals surface area contributed by atoms with Crippen LogP contribution >= 0.6 is 0 Å². The molecule has 0 heterocycles. The van der Waals surface area contributed by atoms with Crippen molar-refractivity contribution >= 4 is 11.8 Å². The zero-order valence-electron chi connectivity index (χ0n) is 9.00. The molecule has 14 heavy (non-hydrogen) atoms. The Morgan fingerprint density at radius 2 is 1.93 bits per heavy atom. The van der Waals surface area contributed by atoms with Crippen molar-refractivity contribution in [3.8, 4) is 0 Å². The summed E-state index contributed by atoms with van der Waals surface area (Å²) in [5.41, 5.74) is 4.98. The maximum Gasteiger partial charge on any atom is 0.323 e. The molecule has 0 saturated heterocycles. The van der Waals surface area contributed by atoms with Crippen LogP contribution in [0.3, 0.4) is 0 Å². The van der Waals surface area contributed by atoms with Gasteiger partial charge in [-0.25, -0.2) is 0 Å². The van der Waals surface area contributed by atoms with Crippen molar-refractivity contribution in [2.24, 2.45) is 5.73 Å². The Hall–Kier alpha value is -0.900. The van der Waals surface area contributed by atoms with Crippen LogP contribution in [0.15, 0.2) is 0 Å². The Morgan fingerprint density at radius 3 is 2.29 bits per heavy atom. The van der Waals surface area contributed by atoms with Gasteiger partial charge in [-0.05, 0) is 27.2 Å². The first kappa shape index (κ1) is 13.1. The zero-order chi connectivity index (χ0) is 11.4. The van der Waals surface area contributed by atoms with Gasteiger partial charge >= 0.3 is 5.97 Å². The average molecular weight is 200 g/mol. The van der Waals surface area contributed by atoms with Crippen LogP contribution in [0, 0.1) is 6.92 Å². The van der Waals surface area contributed by atoms with Crippen molar-refractivity contribution < 1.29 is 14.3 Å². The average Bonchev–Trinajstić information content (AvgIpc) is 1.96. The Balaban J connectivity index is 3.94. The zero-order valence-corrected chi connectivity index (χ0v) is 9.00. The number of carbonyl (C=O) groups excluding carboxylic acids is 2. The van der Waals surface area contributed by atoms with Gasteiger partial charge in [-0.1, -0.05) is 0 Å². The summed E-state index contributed by atoms with van der Waals surface area (Å²) in [6.07, 6.45) is 0.498. The predicted molar refractivity (Wildman–Crippen MR) is 53.4 cm³/mol. The standard InChI is InChI=1S/C10H18NO3/c1-7(12)5-6-8(11)9(13)14-10(2,3)4/h8H,1,5-6,11H2,2-4H3. The van der Waals surface area contributed by atoms with Crippen molar-refractivity contribution in [2.45, 2.75) is 45.3 Å². The van der Waals surface area contributed by atoms with E-state index in [0.717, 1.165) is 0 Å². The number of nitrogens with two attached hydrogens (primary N) is 1. The molecule has 4 heteroatoms. The number of esters is 1. The molecule has 1 radical (unpaired) electrons. The lowest BCUT2D eigenvalue weighted by atomic mass is 10.1. The fraction of sp³-hybridized carbons (Fsp3) is 0.700. The smallest absolute Gasteiger partial charge is 0.323 e. The van der Waals surface area contributed by atoms with E-state index in [9.17, 15) is 9.59 Å². The third-order valence-electron chi connectivity index (χ3n) is 1.44. The van der Waals surface area contributed by atoms with Crippen LogP contribution in [0.1, 0.15) is 33.6 Å². The molecule has 0 aromatic rings. The lowest BCUT2D eigenvalue weighted by Crippen LogP contribution is -2.37. The number of rotatable bonds is 4. The number of hydrogen-bond donors (Lipinski definition) is 1. The van der Waals surface area contributed by atoms with Crippen molar-refractivity contribution in [3.63, 3.8) is 0 Å². The van der Waals surface area contributed by atoms with Gasteiger partial charge in [-0.3, -0.25) is 9.59 Å². The maximum atomic E-state index is 11.3. The van der Waals surface area contributed by atoms with Crippen LogP contribution < -0.4 is 5.73 Å². The van der Waals surface area contributed by atoms with Crippen molar-refractivity contribution in [3.05, 3.63) is 6.92 Å². The van der Waals surface area contributed by atoms with Crippen LogP contribution in [0.5, 0.6) is 0 Å². The highest BCUT2D eigenvalue weighted by molar-refractivity contribution is 5.83. The van der Waals surface area contributed by atoms with E-state index in [2.05, 4.69) is 6.92 Å². The molecule has 0 amide bonds. The molecule has 0 aromatic heterocycles. The Bertz CT molecular complexity index is 218. The van der Waals surface area contributed by atoms with Crippen molar-refractivity contribution in [2.75, 3.05) is 0 Å². The lowest BCUT2D eigenvalue weighted by Gasteiger charge is -2.21. The van der Waals surface area contributed by atoms with E-state index in [1.54, 1.807) is 20.8 Å². The summed E-state index contributed by atoms with van der Waals surface area (Å²) in [5.74, 6) is -0.692. The van der Waals surface area contributed by atoms with Crippen molar-refractivity contribution in [1.29, 1.82) is 0 Å². The molecule has 0 bridgehead atoms. The third-order valence-corrected chi connectivity index (χ3v) is 1.44. The largest absolute Gasteiger partial charge is 0.459 e. The first-order valence-electron chi connectivity index (χ1n) is 4.55. The minimum Gasteiger partial charge on any atom is -0.459 e. The molecule has 0 aliphatic carbocycles. The molecule has 0 spiro atoms. The maximum absolute atomic E-state index is 11.3. The Labute approximate surface area is 84.8 Å². The summed E-state index contributed by atoms with van der Waals surface area (Å²) in [7, 11) is 0. The van der Waals surface area contributed by atoms with Gasteiger partial charge in [0.2, 0.25) is 0 Å². The number of ketones is 1. The van der Waals surface area contributed by atoms with Gasteiger partial charge in [-0.15, -0.1) is 0 Å². The SMILES string of the molecule is [CH2]C(=O)CCC(N)C(=O)OC(C)(C)C. The Kier molecular flexibility index (Phi) is 4.77. The molecule has 1 atom stereocenters. The first-order valence-corrected chi connectivity index (χ1v) is 4.55. The molecule has 0 aliphatic heterocycles. The van der Waals surface area contributed by atoms with Crippen LogP contribution in [0.4, 0.5) is 0 Å². The second kappa shape index (κ2) is 5.10. The van der Waals surface area contributed by atoms with E-state index in [1.807, 2.05) is 0 Å². The normalized spacial score (nSPS) is 13.5. The second-order valence-corrected chi connectivity index (χ2v) is 4.22. The molecule has 0 aromatic carbocycles. The topological polar surface area (TPSA) is 69.4 Å². The van der Waals surface area contributed by atoms with Gasteiger partial charge in [-0.2, -0.15) is 0 Å². The molecular weight excluding hydrogens is 182 g/mol. The summed E-state index contributed by atoms with van der Waals surface area (Å²) in [4.78, 5) is 21.8. The molecule has 1 unspecified atom stereocenters. The molecule has 0 fully saturated rings. The summed E-state index contributed by atoms with van der Waals surface area (Å²) in [6.45, 7) is 8.50. The first-order chi connectivity index (χ1) is 6.22. The molecule has 0 rings (SSSR count). The summed E-state index contributed by atoms with van der Waals surface area (Å²) < 4.78 is 5.04. The van der Waals surface area contributed by atoms with Crippen LogP contribution in [-0.2, 0) is 14.3 Å². The third kappa shape index (κ3) is 6.60. The fourth-order valence-corrected chi connectivity index (χ4v) is 0.812. The van der Waals surface area contributed by atoms with Crippen LogP contribution in [0.25, 0.3) is 0 Å². The van der Waals surface area contributed by atoms with E-state index in [-0.39, 0.29) is 18.6 Å². The van der Waals surface area contributed by atoms with Gasteiger partial charge in [0.1, 0.15) is 17.4 Å². The summed E-state index contributed by atoms with van der Waals surface area (Å²) in [5, 5.41) is 0. The second-order valence-electron chi connectivity index (χ2n) is 4.22. The number of carbonyl (C=O) groups is 2. The van der Waals surface area contributed by atoms with E-state index in [1.165, 1.54) is 0 Å². The van der Waals surface area contributed by atoms with E-state index in [4.69, 9.17) is 10.5 Å². The number of ether oxygens (including phenoxy) is 1. The number of Topliss-reactive ketones (excluding diaryl/α,β-unsaturated/α-hetero) is 1. The summed E-state index contributed by atoms with van der Waals surface area (Å²) >= 11 is 0. The van der Waals surface area contributed by atoms with Gasteiger partial charge in [0, 0.05) is 13.3 Å². The molecule has 0 saturated carbocycles. The highest BCUT2D eigenvalue weighted by Gasteiger charge is 2.21. The highest BCUT2D eigenvalue weighted by Crippen LogP contribution is 2.09. The predicted octanol–water partition coefficient (Wildman–Crippen LogP) is 0.839. The minimum atomic E-state index is -0.736. The van der Waals surface area contributed by atoms with Gasteiger partial charge in [0.05, 0.1) is 0 Å². The van der Waals surface area contributed by atoms with E-state index < -0.39 is 17.6 Å². The highest BCUT2D eigenvalue weighted by atomic mass is 16.6. The molecule has 0 aliphatic rings. The minimum absolute atomic E-state index is 0.209.